The van der Waals surface area contributed by atoms with Crippen molar-refractivity contribution in [1.82, 2.24) is 15.6 Å². The van der Waals surface area contributed by atoms with Crippen LogP contribution in [0.15, 0.2) is 29.3 Å². The van der Waals surface area contributed by atoms with Crippen molar-refractivity contribution in [2.24, 2.45) is 4.99 Å². The van der Waals surface area contributed by atoms with Gasteiger partial charge in [-0.15, -0.1) is 11.3 Å². The van der Waals surface area contributed by atoms with E-state index in [2.05, 4.69) is 39.7 Å². The Labute approximate surface area is 141 Å². The molecule has 5 nitrogen and oxygen atoms in total. The maximum absolute atomic E-state index is 5.16. The lowest BCUT2D eigenvalue weighted by Gasteiger charge is -2.11. The van der Waals surface area contributed by atoms with Gasteiger partial charge in [0.1, 0.15) is 10.8 Å². The summed E-state index contributed by atoms with van der Waals surface area (Å²) in [6.07, 6.45) is 0.931. The van der Waals surface area contributed by atoms with Gasteiger partial charge < -0.3 is 15.4 Å². The molecule has 0 bridgehead atoms. The van der Waals surface area contributed by atoms with Crippen molar-refractivity contribution in [2.45, 2.75) is 26.8 Å². The van der Waals surface area contributed by atoms with Crippen LogP contribution in [0.3, 0.4) is 0 Å². The number of rotatable bonds is 6. The van der Waals surface area contributed by atoms with Crippen LogP contribution in [-0.2, 0) is 13.0 Å². The number of guanidine groups is 1. The molecule has 1 aromatic carbocycles. The van der Waals surface area contributed by atoms with Gasteiger partial charge in [-0.25, -0.2) is 4.98 Å². The molecule has 0 saturated carbocycles. The minimum absolute atomic E-state index is 0.696. The van der Waals surface area contributed by atoms with E-state index in [1.54, 1.807) is 25.5 Å². The standard InChI is InChI=1S/C17H24N4OS/c1-12-13(2)23-16(21-12)11-20-17(18-3)19-10-9-14-5-7-15(22-4)8-6-14/h5-8H,9-11H2,1-4H3,(H2,18,19,20). The molecule has 0 saturated heterocycles. The molecule has 0 aliphatic carbocycles. The van der Waals surface area contributed by atoms with Crippen molar-refractivity contribution in [1.29, 1.82) is 0 Å². The fourth-order valence-electron chi connectivity index (χ4n) is 2.11. The van der Waals surface area contributed by atoms with E-state index in [0.717, 1.165) is 35.4 Å². The largest absolute Gasteiger partial charge is 0.497 e. The van der Waals surface area contributed by atoms with E-state index >= 15 is 0 Å². The first kappa shape index (κ1) is 17.3. The molecule has 0 spiro atoms. The highest BCUT2D eigenvalue weighted by atomic mass is 32.1. The lowest BCUT2D eigenvalue weighted by atomic mass is 10.1. The third-order valence-electron chi connectivity index (χ3n) is 3.57. The number of aryl methyl sites for hydroxylation is 2. The summed E-state index contributed by atoms with van der Waals surface area (Å²) in [5, 5.41) is 7.70. The van der Waals surface area contributed by atoms with Crippen LogP contribution >= 0.6 is 11.3 Å². The number of methoxy groups -OCH3 is 1. The zero-order valence-corrected chi connectivity index (χ0v) is 15.0. The topological polar surface area (TPSA) is 58.5 Å². The molecule has 2 N–H and O–H groups in total. The van der Waals surface area contributed by atoms with Crippen LogP contribution < -0.4 is 15.4 Å². The fraction of sp³-hybridized carbons (Fsp3) is 0.412. The minimum Gasteiger partial charge on any atom is -0.497 e. The average Bonchev–Trinajstić information content (AvgIpc) is 2.89. The van der Waals surface area contributed by atoms with Gasteiger partial charge in [-0.05, 0) is 38.0 Å². The van der Waals surface area contributed by atoms with E-state index < -0.39 is 0 Å². The maximum Gasteiger partial charge on any atom is 0.191 e. The molecule has 0 atom stereocenters. The summed E-state index contributed by atoms with van der Waals surface area (Å²) in [7, 11) is 3.46. The van der Waals surface area contributed by atoms with Gasteiger partial charge in [-0.2, -0.15) is 0 Å². The lowest BCUT2D eigenvalue weighted by molar-refractivity contribution is 0.414. The molecule has 0 amide bonds. The summed E-state index contributed by atoms with van der Waals surface area (Å²) in [4.78, 5) is 10.0. The molecule has 0 fully saturated rings. The Kier molecular flexibility index (Phi) is 6.40. The number of ether oxygens (including phenoxy) is 1. The Morgan fingerprint density at radius 1 is 1.22 bits per heavy atom. The monoisotopic (exact) mass is 332 g/mol. The number of benzene rings is 1. The van der Waals surface area contributed by atoms with E-state index in [1.807, 2.05) is 19.1 Å². The molecular weight excluding hydrogens is 308 g/mol. The second kappa shape index (κ2) is 8.53. The number of nitrogens with one attached hydrogen (secondary N) is 2. The smallest absolute Gasteiger partial charge is 0.191 e. The first-order valence-corrected chi connectivity index (χ1v) is 8.44. The van der Waals surface area contributed by atoms with Gasteiger partial charge in [0.15, 0.2) is 5.96 Å². The number of aromatic nitrogens is 1. The number of nitrogens with zero attached hydrogens (tertiary/aromatic N) is 2. The highest BCUT2D eigenvalue weighted by molar-refractivity contribution is 7.11. The average molecular weight is 332 g/mol. The molecular formula is C17H24N4OS. The maximum atomic E-state index is 5.16. The molecule has 1 aromatic heterocycles. The SMILES string of the molecule is CN=C(NCCc1ccc(OC)cc1)NCc1nc(C)c(C)s1. The summed E-state index contributed by atoms with van der Waals surface area (Å²) in [5.74, 6) is 1.68. The molecule has 2 aromatic rings. The molecule has 1 heterocycles. The third-order valence-corrected chi connectivity index (χ3v) is 4.64. The number of hydrogen-bond acceptors (Lipinski definition) is 4. The molecule has 23 heavy (non-hydrogen) atoms. The van der Waals surface area contributed by atoms with Gasteiger partial charge in [0.2, 0.25) is 0 Å². The van der Waals surface area contributed by atoms with Gasteiger partial charge in [0.05, 0.1) is 19.3 Å². The molecule has 0 radical (unpaired) electrons. The summed E-state index contributed by atoms with van der Waals surface area (Å²) in [6, 6.07) is 8.13. The van der Waals surface area contributed by atoms with Crippen LogP contribution in [0.1, 0.15) is 21.1 Å². The Hall–Kier alpha value is -2.08. The first-order chi connectivity index (χ1) is 11.1. The fourth-order valence-corrected chi connectivity index (χ4v) is 2.99. The van der Waals surface area contributed by atoms with Gasteiger partial charge in [0.25, 0.3) is 0 Å². The summed E-state index contributed by atoms with van der Waals surface area (Å²) >= 11 is 1.72. The van der Waals surface area contributed by atoms with Crippen LogP contribution in [0.5, 0.6) is 5.75 Å². The molecule has 0 unspecified atom stereocenters. The Morgan fingerprint density at radius 2 is 1.96 bits per heavy atom. The van der Waals surface area contributed by atoms with E-state index in [1.165, 1.54) is 10.4 Å². The lowest BCUT2D eigenvalue weighted by Crippen LogP contribution is -2.37. The van der Waals surface area contributed by atoms with Gasteiger partial charge in [-0.3, -0.25) is 4.99 Å². The first-order valence-electron chi connectivity index (χ1n) is 7.62. The van der Waals surface area contributed by atoms with Crippen molar-refractivity contribution in [3.63, 3.8) is 0 Å². The van der Waals surface area contributed by atoms with E-state index in [-0.39, 0.29) is 0 Å². The second-order valence-corrected chi connectivity index (χ2v) is 6.49. The van der Waals surface area contributed by atoms with E-state index in [4.69, 9.17) is 4.74 Å². The van der Waals surface area contributed by atoms with Gasteiger partial charge in [0, 0.05) is 18.5 Å². The van der Waals surface area contributed by atoms with Crippen molar-refractivity contribution < 1.29 is 4.74 Å². The van der Waals surface area contributed by atoms with E-state index in [0.29, 0.717) is 6.54 Å². The minimum atomic E-state index is 0.696. The summed E-state index contributed by atoms with van der Waals surface area (Å²) in [6.45, 7) is 5.65. The van der Waals surface area contributed by atoms with Crippen molar-refractivity contribution >= 4 is 17.3 Å². The van der Waals surface area contributed by atoms with Crippen LogP contribution in [0, 0.1) is 13.8 Å². The predicted molar refractivity (Wildman–Crippen MR) is 96.5 cm³/mol. The molecule has 0 aliphatic heterocycles. The molecule has 6 heteroatoms. The summed E-state index contributed by atoms with van der Waals surface area (Å²) < 4.78 is 5.16. The number of thiazole rings is 1. The van der Waals surface area contributed by atoms with Crippen molar-refractivity contribution in [3.05, 3.63) is 45.4 Å². The van der Waals surface area contributed by atoms with Gasteiger partial charge >= 0.3 is 0 Å². The Morgan fingerprint density at radius 3 is 2.52 bits per heavy atom. The normalized spacial score (nSPS) is 11.4. The summed E-state index contributed by atoms with van der Waals surface area (Å²) in [5.41, 5.74) is 2.37. The van der Waals surface area contributed by atoms with Crippen LogP contribution in [0.4, 0.5) is 0 Å². The van der Waals surface area contributed by atoms with E-state index in [9.17, 15) is 0 Å². The quantitative estimate of drug-likeness (QED) is 0.631. The molecule has 124 valence electrons. The van der Waals surface area contributed by atoms with Crippen LogP contribution in [0.25, 0.3) is 0 Å². The van der Waals surface area contributed by atoms with Crippen LogP contribution in [0.2, 0.25) is 0 Å². The zero-order chi connectivity index (χ0) is 16.7. The third kappa shape index (κ3) is 5.25. The predicted octanol–water partition coefficient (Wildman–Crippen LogP) is 2.68. The Bertz CT molecular complexity index is 630. The van der Waals surface area contributed by atoms with Crippen molar-refractivity contribution in [2.75, 3.05) is 20.7 Å². The van der Waals surface area contributed by atoms with Crippen LogP contribution in [-0.4, -0.2) is 31.6 Å². The Balaban J connectivity index is 1.76. The second-order valence-electron chi connectivity index (χ2n) is 5.20. The van der Waals surface area contributed by atoms with Crippen molar-refractivity contribution in [3.8, 4) is 5.75 Å². The number of hydrogen-bond donors (Lipinski definition) is 2. The highest BCUT2D eigenvalue weighted by Crippen LogP contribution is 2.15. The van der Waals surface area contributed by atoms with Gasteiger partial charge in [-0.1, -0.05) is 12.1 Å². The zero-order valence-electron chi connectivity index (χ0n) is 14.1. The highest BCUT2D eigenvalue weighted by Gasteiger charge is 2.04. The molecule has 2 rings (SSSR count). The number of aliphatic imine (C=N–C) groups is 1. The molecule has 0 aliphatic rings.